The second-order valence-electron chi connectivity index (χ2n) is 5.58. The molecule has 0 spiro atoms. The first kappa shape index (κ1) is 19.1. The van der Waals surface area contributed by atoms with Crippen LogP contribution in [0.1, 0.15) is 13.8 Å². The smallest absolute Gasteiger partial charge is 0.336 e. The van der Waals surface area contributed by atoms with Gasteiger partial charge in [-0.3, -0.25) is 0 Å². The third-order valence-electron chi connectivity index (χ3n) is 3.68. The highest BCUT2D eigenvalue weighted by Crippen LogP contribution is 2.23. The fraction of sp³-hybridized carbons (Fsp3) is 0.200. The lowest BCUT2D eigenvalue weighted by Gasteiger charge is -2.22. The van der Waals surface area contributed by atoms with Gasteiger partial charge in [-0.05, 0) is 38.1 Å². The zero-order valence-electron chi connectivity index (χ0n) is 14.5. The van der Waals surface area contributed by atoms with E-state index >= 15 is 0 Å². The van der Waals surface area contributed by atoms with E-state index in [0.717, 1.165) is 0 Å². The predicted octanol–water partition coefficient (Wildman–Crippen LogP) is 3.39. The van der Waals surface area contributed by atoms with Gasteiger partial charge in [-0.1, -0.05) is 36.4 Å². The molecule has 0 amide bonds. The largest absolute Gasteiger partial charge is 0.486 e. The summed E-state index contributed by atoms with van der Waals surface area (Å²) in [5.74, 6) is -1.84. The van der Waals surface area contributed by atoms with Crippen molar-refractivity contribution in [3.8, 4) is 11.5 Å². The second-order valence-corrected chi connectivity index (χ2v) is 5.58. The van der Waals surface area contributed by atoms with Crippen molar-refractivity contribution in [2.45, 2.75) is 26.1 Å². The number of rotatable bonds is 8. The first-order chi connectivity index (χ1) is 12.4. The van der Waals surface area contributed by atoms with Gasteiger partial charge in [0.25, 0.3) is 0 Å². The minimum atomic E-state index is -1.37. The Bertz CT molecular complexity index is 715. The van der Waals surface area contributed by atoms with Gasteiger partial charge in [0, 0.05) is 0 Å². The Balaban J connectivity index is 2.36. The maximum absolute atomic E-state index is 11.8. The van der Waals surface area contributed by atoms with E-state index in [1.807, 2.05) is 0 Å². The number of benzene rings is 2. The van der Waals surface area contributed by atoms with Crippen LogP contribution in [0.4, 0.5) is 0 Å². The Morgan fingerprint density at radius 1 is 0.692 bits per heavy atom. The van der Waals surface area contributed by atoms with Gasteiger partial charge in [0.05, 0.1) is 11.1 Å². The summed E-state index contributed by atoms with van der Waals surface area (Å²) in [4.78, 5) is 23.6. The van der Waals surface area contributed by atoms with Crippen molar-refractivity contribution in [3.05, 3.63) is 71.8 Å². The monoisotopic (exact) mass is 356 g/mol. The fourth-order valence-electron chi connectivity index (χ4n) is 2.54. The molecule has 0 aliphatic heterocycles. The third-order valence-corrected chi connectivity index (χ3v) is 3.68. The predicted molar refractivity (Wildman–Crippen MR) is 95.4 cm³/mol. The Kier molecular flexibility index (Phi) is 6.38. The number of carboxylic acids is 2. The Morgan fingerprint density at radius 2 is 1.00 bits per heavy atom. The molecule has 0 aliphatic carbocycles. The third kappa shape index (κ3) is 4.86. The number of hydrogen-bond donors (Lipinski definition) is 2. The zero-order valence-corrected chi connectivity index (χ0v) is 14.5. The first-order valence-electron chi connectivity index (χ1n) is 8.04. The molecule has 0 saturated carbocycles. The van der Waals surface area contributed by atoms with E-state index in [9.17, 15) is 19.8 Å². The lowest BCUT2D eigenvalue weighted by atomic mass is 9.99. The van der Waals surface area contributed by atoms with Crippen LogP contribution in [0.25, 0.3) is 0 Å². The molecule has 0 aliphatic rings. The molecule has 0 heterocycles. The van der Waals surface area contributed by atoms with Crippen LogP contribution in [0.5, 0.6) is 11.5 Å². The van der Waals surface area contributed by atoms with E-state index in [4.69, 9.17) is 9.47 Å². The summed E-state index contributed by atoms with van der Waals surface area (Å²) < 4.78 is 11.2. The molecule has 2 rings (SSSR count). The number of ether oxygens (including phenoxy) is 2. The topological polar surface area (TPSA) is 93.1 Å². The van der Waals surface area contributed by atoms with E-state index in [0.29, 0.717) is 11.5 Å². The molecule has 2 aromatic rings. The van der Waals surface area contributed by atoms with Crippen LogP contribution in [0.15, 0.2) is 71.8 Å². The zero-order chi connectivity index (χ0) is 19.1. The van der Waals surface area contributed by atoms with Crippen LogP contribution in [0.3, 0.4) is 0 Å². The molecular formula is C20H20O6. The van der Waals surface area contributed by atoms with Gasteiger partial charge in [-0.2, -0.15) is 0 Å². The Hall–Kier alpha value is -3.28. The highest BCUT2D eigenvalue weighted by molar-refractivity contribution is 6.00. The molecule has 2 aromatic carbocycles. The van der Waals surface area contributed by atoms with Crippen LogP contribution in [-0.4, -0.2) is 34.4 Å². The normalized spacial score (nSPS) is 13.9. The van der Waals surface area contributed by atoms with Crippen molar-refractivity contribution in [2.24, 2.45) is 0 Å². The average Bonchev–Trinajstić information content (AvgIpc) is 2.60. The quantitative estimate of drug-likeness (QED) is 0.704. The molecular weight excluding hydrogens is 336 g/mol. The molecule has 0 bridgehead atoms. The highest BCUT2D eigenvalue weighted by Gasteiger charge is 2.31. The summed E-state index contributed by atoms with van der Waals surface area (Å²) in [6.07, 6.45) is -1.97. The van der Waals surface area contributed by atoms with Crippen LogP contribution in [-0.2, 0) is 9.59 Å². The van der Waals surface area contributed by atoms with Crippen LogP contribution in [0.2, 0.25) is 0 Å². The number of aliphatic carboxylic acids is 2. The van der Waals surface area contributed by atoms with Crippen molar-refractivity contribution in [1.82, 2.24) is 0 Å². The van der Waals surface area contributed by atoms with E-state index < -0.39 is 24.1 Å². The van der Waals surface area contributed by atoms with Crippen LogP contribution in [0, 0.1) is 0 Å². The number of hydrogen-bond acceptors (Lipinski definition) is 4. The molecule has 0 saturated heterocycles. The molecule has 2 unspecified atom stereocenters. The lowest BCUT2D eigenvalue weighted by Crippen LogP contribution is -2.31. The van der Waals surface area contributed by atoms with E-state index in [1.54, 1.807) is 60.7 Å². The molecule has 2 atom stereocenters. The molecule has 6 nitrogen and oxygen atoms in total. The van der Waals surface area contributed by atoms with Gasteiger partial charge in [-0.25, -0.2) is 9.59 Å². The van der Waals surface area contributed by atoms with Gasteiger partial charge in [0.2, 0.25) is 0 Å². The molecule has 26 heavy (non-hydrogen) atoms. The van der Waals surface area contributed by atoms with E-state index in [-0.39, 0.29) is 11.1 Å². The Labute approximate surface area is 151 Å². The van der Waals surface area contributed by atoms with Crippen molar-refractivity contribution in [3.63, 3.8) is 0 Å². The summed E-state index contributed by atoms with van der Waals surface area (Å²) >= 11 is 0. The molecule has 0 fully saturated rings. The van der Waals surface area contributed by atoms with Gasteiger partial charge in [0.1, 0.15) is 23.7 Å². The standard InChI is InChI=1S/C20H20O6/c1-13(25-15-9-5-3-6-10-15)17(19(21)22)18(20(23)24)14(2)26-16-11-7-4-8-12-16/h3-14H,1-2H3,(H,21,22)(H,23,24). The molecule has 2 N–H and O–H groups in total. The first-order valence-corrected chi connectivity index (χ1v) is 8.04. The van der Waals surface area contributed by atoms with Crippen LogP contribution < -0.4 is 9.47 Å². The molecule has 0 radical (unpaired) electrons. The van der Waals surface area contributed by atoms with Gasteiger partial charge in [-0.15, -0.1) is 0 Å². The summed E-state index contributed by atoms with van der Waals surface area (Å²) in [7, 11) is 0. The van der Waals surface area contributed by atoms with E-state index in [1.165, 1.54) is 13.8 Å². The molecule has 6 heteroatoms. The highest BCUT2D eigenvalue weighted by atomic mass is 16.5. The van der Waals surface area contributed by atoms with E-state index in [2.05, 4.69) is 0 Å². The van der Waals surface area contributed by atoms with Crippen LogP contribution >= 0.6 is 0 Å². The minimum absolute atomic E-state index is 0.357. The minimum Gasteiger partial charge on any atom is -0.486 e. The number of carbonyl (C=O) groups is 2. The summed E-state index contributed by atoms with van der Waals surface area (Å²) in [5.41, 5.74) is -0.713. The molecule has 0 aromatic heterocycles. The van der Waals surface area contributed by atoms with Crippen molar-refractivity contribution in [2.75, 3.05) is 0 Å². The fourth-order valence-corrected chi connectivity index (χ4v) is 2.54. The van der Waals surface area contributed by atoms with Crippen molar-refractivity contribution >= 4 is 11.9 Å². The average molecular weight is 356 g/mol. The molecule has 136 valence electrons. The van der Waals surface area contributed by atoms with Gasteiger partial charge >= 0.3 is 11.9 Å². The summed E-state index contributed by atoms with van der Waals surface area (Å²) in [6, 6.07) is 17.2. The lowest BCUT2D eigenvalue weighted by molar-refractivity contribution is -0.137. The Morgan fingerprint density at radius 3 is 1.27 bits per heavy atom. The SMILES string of the molecule is CC(Oc1ccccc1)C(C(=O)O)=C(C(=O)O)C(C)Oc1ccccc1. The van der Waals surface area contributed by atoms with Crippen molar-refractivity contribution in [1.29, 1.82) is 0 Å². The summed E-state index contributed by atoms with van der Waals surface area (Å²) in [5, 5.41) is 19.2. The summed E-state index contributed by atoms with van der Waals surface area (Å²) in [6.45, 7) is 2.99. The second kappa shape index (κ2) is 8.71. The van der Waals surface area contributed by atoms with Crippen molar-refractivity contribution < 1.29 is 29.3 Å². The maximum atomic E-state index is 11.8. The number of carboxylic acid groups (broad SMARTS) is 2. The van der Waals surface area contributed by atoms with Gasteiger partial charge in [0.15, 0.2) is 0 Å². The maximum Gasteiger partial charge on any atom is 0.336 e. The van der Waals surface area contributed by atoms with Gasteiger partial charge < -0.3 is 19.7 Å². The number of para-hydroxylation sites is 2.